The molecule has 0 aliphatic heterocycles. The van der Waals surface area contributed by atoms with Crippen LogP contribution in [0.3, 0.4) is 0 Å². The molecule has 1 heterocycles. The van der Waals surface area contributed by atoms with E-state index >= 15 is 0 Å². The van der Waals surface area contributed by atoms with E-state index in [4.69, 9.17) is 27.9 Å². The lowest BCUT2D eigenvalue weighted by molar-refractivity contribution is 0.0997. The summed E-state index contributed by atoms with van der Waals surface area (Å²) in [5.41, 5.74) is 1.24. The lowest BCUT2D eigenvalue weighted by Crippen LogP contribution is -2.20. The highest BCUT2D eigenvalue weighted by atomic mass is 35.5. The van der Waals surface area contributed by atoms with Crippen molar-refractivity contribution in [1.82, 2.24) is 4.57 Å². The van der Waals surface area contributed by atoms with Gasteiger partial charge in [-0.2, -0.15) is 4.99 Å². The van der Waals surface area contributed by atoms with Gasteiger partial charge in [0.25, 0.3) is 5.91 Å². The second-order valence-electron chi connectivity index (χ2n) is 5.22. The third-order valence-electron chi connectivity index (χ3n) is 3.62. The number of aromatic nitrogens is 1. The van der Waals surface area contributed by atoms with Crippen molar-refractivity contribution in [2.75, 3.05) is 13.2 Å². The summed E-state index contributed by atoms with van der Waals surface area (Å²) >= 11 is 13.9. The minimum Gasteiger partial charge on any atom is -0.380 e. The predicted octanol–water partition coefficient (Wildman–Crippen LogP) is 4.79. The van der Waals surface area contributed by atoms with Gasteiger partial charge < -0.3 is 9.30 Å². The van der Waals surface area contributed by atoms with Crippen LogP contribution in [0.15, 0.2) is 47.5 Å². The molecule has 0 saturated carbocycles. The van der Waals surface area contributed by atoms with Crippen LogP contribution in [0.5, 0.6) is 0 Å². The van der Waals surface area contributed by atoms with Crippen LogP contribution in [0.1, 0.15) is 17.3 Å². The van der Waals surface area contributed by atoms with E-state index in [2.05, 4.69) is 4.99 Å². The number of benzene rings is 2. The maximum Gasteiger partial charge on any atom is 0.281 e. The van der Waals surface area contributed by atoms with E-state index < -0.39 is 0 Å². The Balaban J connectivity index is 2.11. The normalized spacial score (nSPS) is 12.0. The molecule has 2 aromatic carbocycles. The topological polar surface area (TPSA) is 43.6 Å². The number of ether oxygens (including phenoxy) is 1. The number of fused-ring (bicyclic) bond motifs is 1. The Hall–Kier alpha value is -1.66. The summed E-state index contributed by atoms with van der Waals surface area (Å²) in [7, 11) is 0. The average molecular weight is 395 g/mol. The van der Waals surface area contributed by atoms with Crippen molar-refractivity contribution >= 4 is 50.7 Å². The van der Waals surface area contributed by atoms with E-state index in [9.17, 15) is 4.79 Å². The molecule has 0 bridgehead atoms. The van der Waals surface area contributed by atoms with Gasteiger partial charge in [0.2, 0.25) is 0 Å². The van der Waals surface area contributed by atoms with Crippen LogP contribution in [-0.2, 0) is 11.3 Å². The van der Waals surface area contributed by atoms with Gasteiger partial charge in [0.05, 0.1) is 32.4 Å². The molecule has 0 saturated heterocycles. The molecule has 3 aromatic rings. The zero-order valence-corrected chi connectivity index (χ0v) is 15.9. The molecule has 130 valence electrons. The number of carbonyl (C=O) groups excluding carboxylic acids is 1. The van der Waals surface area contributed by atoms with Gasteiger partial charge in [-0.05, 0) is 31.2 Å². The molecule has 25 heavy (non-hydrogen) atoms. The molecule has 4 nitrogen and oxygen atoms in total. The SMILES string of the molecule is CCOCCn1c(=NC(=O)c2ccccc2Cl)sc2cccc(Cl)c21. The van der Waals surface area contributed by atoms with Gasteiger partial charge in [-0.3, -0.25) is 4.79 Å². The van der Waals surface area contributed by atoms with Crippen LogP contribution in [0.25, 0.3) is 10.2 Å². The number of rotatable bonds is 5. The summed E-state index contributed by atoms with van der Waals surface area (Å²) < 4.78 is 8.34. The van der Waals surface area contributed by atoms with E-state index in [0.717, 1.165) is 10.2 Å². The Morgan fingerprint density at radius 1 is 1.16 bits per heavy atom. The molecule has 0 radical (unpaired) electrons. The fraction of sp³-hybridized carbons (Fsp3) is 0.222. The Bertz CT molecular complexity index is 979. The quantitative estimate of drug-likeness (QED) is 0.583. The fourth-order valence-electron chi connectivity index (χ4n) is 2.46. The van der Waals surface area contributed by atoms with Crippen molar-refractivity contribution in [2.24, 2.45) is 4.99 Å². The zero-order chi connectivity index (χ0) is 17.8. The summed E-state index contributed by atoms with van der Waals surface area (Å²) in [6, 6.07) is 12.6. The summed E-state index contributed by atoms with van der Waals surface area (Å²) in [6.45, 7) is 3.64. The zero-order valence-electron chi connectivity index (χ0n) is 13.5. The second-order valence-corrected chi connectivity index (χ2v) is 7.04. The second kappa shape index (κ2) is 8.15. The van der Waals surface area contributed by atoms with Crippen molar-refractivity contribution in [3.05, 3.63) is 62.9 Å². The van der Waals surface area contributed by atoms with E-state index in [1.165, 1.54) is 11.3 Å². The number of thiazole rings is 1. The van der Waals surface area contributed by atoms with Gasteiger partial charge >= 0.3 is 0 Å². The Morgan fingerprint density at radius 2 is 1.92 bits per heavy atom. The number of carbonyl (C=O) groups is 1. The van der Waals surface area contributed by atoms with Crippen molar-refractivity contribution < 1.29 is 9.53 Å². The van der Waals surface area contributed by atoms with Crippen LogP contribution in [0.4, 0.5) is 0 Å². The van der Waals surface area contributed by atoms with Crippen molar-refractivity contribution in [1.29, 1.82) is 0 Å². The average Bonchev–Trinajstić information content (AvgIpc) is 2.94. The molecule has 0 atom stereocenters. The predicted molar refractivity (Wildman–Crippen MR) is 103 cm³/mol. The molecular formula is C18H16Cl2N2O2S. The molecule has 0 fully saturated rings. The molecule has 3 rings (SSSR count). The first kappa shape index (κ1) is 18.1. The van der Waals surface area contributed by atoms with Gasteiger partial charge in [-0.25, -0.2) is 0 Å². The summed E-state index contributed by atoms with van der Waals surface area (Å²) in [4.78, 5) is 17.4. The molecule has 0 aliphatic rings. The maximum absolute atomic E-state index is 12.6. The smallest absolute Gasteiger partial charge is 0.281 e. The van der Waals surface area contributed by atoms with E-state index in [-0.39, 0.29) is 5.91 Å². The Labute approximate surface area is 159 Å². The largest absolute Gasteiger partial charge is 0.380 e. The minimum absolute atomic E-state index is 0.376. The molecular weight excluding hydrogens is 379 g/mol. The third kappa shape index (κ3) is 3.96. The van der Waals surface area contributed by atoms with E-state index in [0.29, 0.717) is 40.2 Å². The molecule has 0 aliphatic carbocycles. The summed E-state index contributed by atoms with van der Waals surface area (Å²) in [6.07, 6.45) is 0. The van der Waals surface area contributed by atoms with Gasteiger partial charge in [-0.15, -0.1) is 0 Å². The third-order valence-corrected chi connectivity index (χ3v) is 5.29. The fourth-order valence-corrected chi connectivity index (χ4v) is 4.09. The van der Waals surface area contributed by atoms with E-state index in [1.807, 2.05) is 29.7 Å². The van der Waals surface area contributed by atoms with Gasteiger partial charge in [0, 0.05) is 13.2 Å². The standard InChI is InChI=1S/C18H16Cl2N2O2S/c1-2-24-11-10-22-16-14(20)8-5-9-15(16)25-18(22)21-17(23)12-6-3-4-7-13(12)19/h3-9H,2,10-11H2,1H3. The first-order chi connectivity index (χ1) is 12.1. The monoisotopic (exact) mass is 394 g/mol. The molecule has 0 N–H and O–H groups in total. The van der Waals surface area contributed by atoms with Crippen LogP contribution < -0.4 is 4.80 Å². The molecule has 0 unspecified atom stereocenters. The number of para-hydroxylation sites is 1. The Morgan fingerprint density at radius 3 is 2.68 bits per heavy atom. The van der Waals surface area contributed by atoms with Crippen LogP contribution >= 0.6 is 34.5 Å². The number of halogens is 2. The minimum atomic E-state index is -0.376. The Kier molecular flexibility index (Phi) is 5.91. The van der Waals surface area contributed by atoms with Crippen LogP contribution in [-0.4, -0.2) is 23.7 Å². The molecule has 1 aromatic heterocycles. The van der Waals surface area contributed by atoms with E-state index in [1.54, 1.807) is 24.3 Å². The lowest BCUT2D eigenvalue weighted by Gasteiger charge is -2.06. The van der Waals surface area contributed by atoms with Crippen molar-refractivity contribution in [3.8, 4) is 0 Å². The summed E-state index contributed by atoms with van der Waals surface area (Å²) in [5, 5.41) is 1.01. The number of nitrogens with zero attached hydrogens (tertiary/aromatic N) is 2. The summed E-state index contributed by atoms with van der Waals surface area (Å²) in [5.74, 6) is -0.376. The molecule has 1 amide bonds. The first-order valence-electron chi connectivity index (χ1n) is 7.81. The lowest BCUT2D eigenvalue weighted by atomic mass is 10.2. The van der Waals surface area contributed by atoms with Crippen molar-refractivity contribution in [2.45, 2.75) is 13.5 Å². The van der Waals surface area contributed by atoms with Gasteiger partial charge in [0.1, 0.15) is 0 Å². The number of hydrogen-bond donors (Lipinski definition) is 0. The molecule has 0 spiro atoms. The van der Waals surface area contributed by atoms with Gasteiger partial charge in [0.15, 0.2) is 4.80 Å². The van der Waals surface area contributed by atoms with Crippen LogP contribution in [0.2, 0.25) is 10.0 Å². The number of amides is 1. The molecule has 7 heteroatoms. The highest BCUT2D eigenvalue weighted by molar-refractivity contribution is 7.16. The highest BCUT2D eigenvalue weighted by Crippen LogP contribution is 2.25. The first-order valence-corrected chi connectivity index (χ1v) is 9.38. The van der Waals surface area contributed by atoms with Crippen LogP contribution in [0, 0.1) is 0 Å². The highest BCUT2D eigenvalue weighted by Gasteiger charge is 2.13. The van der Waals surface area contributed by atoms with Crippen molar-refractivity contribution in [3.63, 3.8) is 0 Å². The van der Waals surface area contributed by atoms with Gasteiger partial charge in [-0.1, -0.05) is 52.7 Å². The number of hydrogen-bond acceptors (Lipinski definition) is 3. The maximum atomic E-state index is 12.6.